The molecule has 0 unspecified atom stereocenters. The van der Waals surface area contributed by atoms with Gasteiger partial charge in [-0.3, -0.25) is 14.7 Å². The number of nitrogens with zero attached hydrogens (tertiary/aromatic N) is 1. The molecular formula is C7H10N4O5S. The predicted molar refractivity (Wildman–Crippen MR) is 54.1 cm³/mol. The average Bonchev–Trinajstić information content (AvgIpc) is 2.68. The highest BCUT2D eigenvalue weighted by molar-refractivity contribution is 7.89. The molecule has 5 N–H and O–H groups in total. The van der Waals surface area contributed by atoms with Gasteiger partial charge in [0.1, 0.15) is 10.9 Å². The first-order valence-electron chi connectivity index (χ1n) is 4.35. The molecule has 94 valence electrons. The molecule has 1 atom stereocenters. The topological polar surface area (TPSA) is 155 Å². The van der Waals surface area contributed by atoms with Crippen molar-refractivity contribution < 1.29 is 23.1 Å². The van der Waals surface area contributed by atoms with Gasteiger partial charge in [-0.25, -0.2) is 8.42 Å². The molecule has 10 heteroatoms. The van der Waals surface area contributed by atoms with E-state index < -0.39 is 34.4 Å². The number of sulfonamides is 1. The highest BCUT2D eigenvalue weighted by Gasteiger charge is 2.27. The van der Waals surface area contributed by atoms with E-state index in [-0.39, 0.29) is 4.90 Å². The largest absolute Gasteiger partial charge is 0.480 e. The van der Waals surface area contributed by atoms with E-state index in [2.05, 4.69) is 10.2 Å². The van der Waals surface area contributed by atoms with Gasteiger partial charge in [-0.05, 0) is 0 Å². The minimum Gasteiger partial charge on any atom is -0.480 e. The number of carboxylic acid groups (broad SMARTS) is 1. The SMILES string of the molecule is NC(=O)C[C@H](NS(=O)(=O)c1cn[nH]c1)C(=O)O. The zero-order valence-corrected chi connectivity index (χ0v) is 9.27. The maximum Gasteiger partial charge on any atom is 0.322 e. The number of carbonyl (C=O) groups is 2. The number of aromatic nitrogens is 2. The lowest BCUT2D eigenvalue weighted by Crippen LogP contribution is -2.43. The number of primary amides is 1. The van der Waals surface area contributed by atoms with Gasteiger partial charge in [-0.15, -0.1) is 0 Å². The minimum atomic E-state index is -4.04. The summed E-state index contributed by atoms with van der Waals surface area (Å²) in [6, 6.07) is -1.60. The van der Waals surface area contributed by atoms with Crippen molar-refractivity contribution >= 4 is 21.9 Å². The molecule has 0 aliphatic carbocycles. The van der Waals surface area contributed by atoms with Crippen LogP contribution in [0.4, 0.5) is 0 Å². The van der Waals surface area contributed by atoms with Crippen LogP contribution in [0.3, 0.4) is 0 Å². The maximum atomic E-state index is 11.6. The number of hydrogen-bond donors (Lipinski definition) is 4. The van der Waals surface area contributed by atoms with Gasteiger partial charge in [0, 0.05) is 6.20 Å². The van der Waals surface area contributed by atoms with E-state index >= 15 is 0 Å². The van der Waals surface area contributed by atoms with Crippen LogP contribution >= 0.6 is 0 Å². The van der Waals surface area contributed by atoms with Crippen molar-refractivity contribution in [1.29, 1.82) is 0 Å². The van der Waals surface area contributed by atoms with Crippen LogP contribution in [-0.4, -0.2) is 41.6 Å². The second-order valence-electron chi connectivity index (χ2n) is 3.12. The second kappa shape index (κ2) is 4.93. The number of H-pyrrole nitrogens is 1. The van der Waals surface area contributed by atoms with Gasteiger partial charge in [0.05, 0.1) is 12.6 Å². The Kier molecular flexibility index (Phi) is 3.81. The number of carboxylic acids is 1. The predicted octanol–water partition coefficient (Wildman–Crippen LogP) is -1.98. The molecule has 0 aliphatic heterocycles. The van der Waals surface area contributed by atoms with Gasteiger partial charge < -0.3 is 10.8 Å². The lowest BCUT2D eigenvalue weighted by molar-refractivity contribution is -0.140. The summed E-state index contributed by atoms with van der Waals surface area (Å²) >= 11 is 0. The summed E-state index contributed by atoms with van der Waals surface area (Å²) in [6.45, 7) is 0. The van der Waals surface area contributed by atoms with Crippen LogP contribution in [0.25, 0.3) is 0 Å². The molecule has 0 saturated heterocycles. The Morgan fingerprint density at radius 1 is 1.59 bits per heavy atom. The standard InChI is InChI=1S/C7H10N4O5S/c8-6(12)1-5(7(13)14)11-17(15,16)4-2-9-10-3-4/h2-3,5,11H,1H2,(H2,8,12)(H,9,10)(H,13,14)/t5-/m0/s1. The summed E-state index contributed by atoms with van der Waals surface area (Å²) < 4.78 is 25.0. The van der Waals surface area contributed by atoms with Crippen molar-refractivity contribution in [2.45, 2.75) is 17.4 Å². The van der Waals surface area contributed by atoms with E-state index in [1.807, 2.05) is 4.72 Å². The Morgan fingerprint density at radius 2 is 2.24 bits per heavy atom. The molecular weight excluding hydrogens is 252 g/mol. The Morgan fingerprint density at radius 3 is 2.65 bits per heavy atom. The van der Waals surface area contributed by atoms with E-state index in [1.165, 1.54) is 0 Å². The molecule has 17 heavy (non-hydrogen) atoms. The van der Waals surface area contributed by atoms with Crippen LogP contribution in [0, 0.1) is 0 Å². The molecule has 0 radical (unpaired) electrons. The molecule has 1 amide bonds. The van der Waals surface area contributed by atoms with Crippen molar-refractivity contribution in [2.24, 2.45) is 5.73 Å². The summed E-state index contributed by atoms with van der Waals surface area (Å²) in [6.07, 6.45) is 1.45. The molecule has 1 aromatic heterocycles. The van der Waals surface area contributed by atoms with E-state index in [4.69, 9.17) is 10.8 Å². The Hall–Kier alpha value is -1.94. The van der Waals surface area contributed by atoms with Crippen LogP contribution in [-0.2, 0) is 19.6 Å². The van der Waals surface area contributed by atoms with Crippen molar-refractivity contribution in [1.82, 2.24) is 14.9 Å². The third-order valence-corrected chi connectivity index (χ3v) is 3.22. The number of aliphatic carboxylic acids is 1. The van der Waals surface area contributed by atoms with E-state index in [1.54, 1.807) is 0 Å². The minimum absolute atomic E-state index is 0.228. The zero-order chi connectivity index (χ0) is 13.1. The van der Waals surface area contributed by atoms with Crippen molar-refractivity contribution in [3.05, 3.63) is 12.4 Å². The van der Waals surface area contributed by atoms with Gasteiger partial charge in [-0.1, -0.05) is 0 Å². The summed E-state index contributed by atoms with van der Waals surface area (Å²) in [5, 5.41) is 14.4. The first-order chi connectivity index (χ1) is 7.83. The van der Waals surface area contributed by atoms with Crippen molar-refractivity contribution in [3.63, 3.8) is 0 Å². The average molecular weight is 262 g/mol. The van der Waals surface area contributed by atoms with E-state index in [0.717, 1.165) is 12.4 Å². The van der Waals surface area contributed by atoms with Gasteiger partial charge in [0.15, 0.2) is 0 Å². The van der Waals surface area contributed by atoms with E-state index in [0.29, 0.717) is 0 Å². The number of nitrogens with two attached hydrogens (primary N) is 1. The molecule has 9 nitrogen and oxygen atoms in total. The normalized spacial score (nSPS) is 13.2. The molecule has 0 bridgehead atoms. The van der Waals surface area contributed by atoms with Crippen LogP contribution < -0.4 is 10.5 Å². The summed E-state index contributed by atoms with van der Waals surface area (Å²) in [7, 11) is -4.04. The number of rotatable bonds is 6. The van der Waals surface area contributed by atoms with Crippen molar-refractivity contribution in [2.75, 3.05) is 0 Å². The molecule has 1 heterocycles. The molecule has 0 aliphatic rings. The monoisotopic (exact) mass is 262 g/mol. The first kappa shape index (κ1) is 13.1. The van der Waals surface area contributed by atoms with Crippen LogP contribution in [0.5, 0.6) is 0 Å². The zero-order valence-electron chi connectivity index (χ0n) is 8.45. The number of nitrogens with one attached hydrogen (secondary N) is 2. The summed E-state index contributed by atoms with van der Waals surface area (Å²) in [5.41, 5.74) is 4.81. The molecule has 0 aromatic carbocycles. The quantitative estimate of drug-likeness (QED) is 0.465. The maximum absolute atomic E-state index is 11.6. The van der Waals surface area contributed by atoms with Gasteiger partial charge in [0.25, 0.3) is 0 Å². The molecule has 0 fully saturated rings. The Balaban J connectivity index is 2.87. The lowest BCUT2D eigenvalue weighted by atomic mass is 10.2. The van der Waals surface area contributed by atoms with Crippen LogP contribution in [0.1, 0.15) is 6.42 Å². The fraction of sp³-hybridized carbons (Fsp3) is 0.286. The second-order valence-corrected chi connectivity index (χ2v) is 4.83. The lowest BCUT2D eigenvalue weighted by Gasteiger charge is -2.11. The van der Waals surface area contributed by atoms with Crippen LogP contribution in [0.2, 0.25) is 0 Å². The van der Waals surface area contributed by atoms with Gasteiger partial charge in [0.2, 0.25) is 15.9 Å². The van der Waals surface area contributed by atoms with Gasteiger partial charge >= 0.3 is 5.97 Å². The first-order valence-corrected chi connectivity index (χ1v) is 5.83. The Labute approximate surface area is 96.1 Å². The third-order valence-electron chi connectivity index (χ3n) is 1.78. The fourth-order valence-electron chi connectivity index (χ4n) is 1.02. The number of carbonyl (C=O) groups excluding carboxylic acids is 1. The smallest absolute Gasteiger partial charge is 0.322 e. The molecule has 0 saturated carbocycles. The summed E-state index contributed by atoms with van der Waals surface area (Å²) in [5.74, 6) is -2.41. The third kappa shape index (κ3) is 3.53. The Bertz CT molecular complexity index is 508. The van der Waals surface area contributed by atoms with Crippen LogP contribution in [0.15, 0.2) is 17.3 Å². The molecule has 0 spiro atoms. The number of hydrogen-bond acceptors (Lipinski definition) is 5. The van der Waals surface area contributed by atoms with Gasteiger partial charge in [-0.2, -0.15) is 9.82 Å². The fourth-order valence-corrected chi connectivity index (χ4v) is 2.12. The number of aromatic amines is 1. The summed E-state index contributed by atoms with van der Waals surface area (Å²) in [4.78, 5) is 21.1. The number of amides is 1. The molecule has 1 rings (SSSR count). The molecule has 1 aromatic rings. The van der Waals surface area contributed by atoms with E-state index in [9.17, 15) is 18.0 Å². The highest BCUT2D eigenvalue weighted by Crippen LogP contribution is 2.06. The highest BCUT2D eigenvalue weighted by atomic mass is 32.2. The van der Waals surface area contributed by atoms with Crippen molar-refractivity contribution in [3.8, 4) is 0 Å².